The predicted molar refractivity (Wildman–Crippen MR) is 53.5 cm³/mol. The fourth-order valence-corrected chi connectivity index (χ4v) is 1.19. The molecule has 1 unspecified atom stereocenters. The minimum atomic E-state index is -0.312. The number of carbonyl (C=O) groups excluding carboxylic acids is 2. The van der Waals surface area contributed by atoms with Crippen LogP contribution in [0, 0.1) is 0 Å². The van der Waals surface area contributed by atoms with E-state index in [9.17, 15) is 9.59 Å². The SMILES string of the molecule is CC(=O)OCCNC1NC(=O)C=C(C)N1. The first-order chi connectivity index (χ1) is 7.08. The molecule has 1 amide bonds. The second-order valence-corrected chi connectivity index (χ2v) is 3.21. The van der Waals surface area contributed by atoms with Gasteiger partial charge in [-0.05, 0) is 6.92 Å². The van der Waals surface area contributed by atoms with Crippen LogP contribution in [0.25, 0.3) is 0 Å². The van der Waals surface area contributed by atoms with Crippen LogP contribution in [0.2, 0.25) is 0 Å². The van der Waals surface area contributed by atoms with Crippen LogP contribution in [0.3, 0.4) is 0 Å². The van der Waals surface area contributed by atoms with E-state index in [1.807, 2.05) is 0 Å². The molecular weight excluding hydrogens is 198 g/mol. The fourth-order valence-electron chi connectivity index (χ4n) is 1.19. The Morgan fingerprint density at radius 2 is 2.33 bits per heavy atom. The molecule has 0 spiro atoms. The van der Waals surface area contributed by atoms with Gasteiger partial charge in [0.25, 0.3) is 0 Å². The van der Waals surface area contributed by atoms with Gasteiger partial charge in [0.15, 0.2) is 6.29 Å². The summed E-state index contributed by atoms with van der Waals surface area (Å²) >= 11 is 0. The van der Waals surface area contributed by atoms with Crippen molar-refractivity contribution in [3.63, 3.8) is 0 Å². The topological polar surface area (TPSA) is 79.5 Å². The van der Waals surface area contributed by atoms with Gasteiger partial charge >= 0.3 is 5.97 Å². The molecule has 0 aliphatic carbocycles. The molecule has 3 N–H and O–H groups in total. The molecule has 6 nitrogen and oxygen atoms in total. The molecule has 0 aromatic heterocycles. The smallest absolute Gasteiger partial charge is 0.302 e. The third-order valence-electron chi connectivity index (χ3n) is 1.76. The molecule has 1 rings (SSSR count). The van der Waals surface area contributed by atoms with Crippen molar-refractivity contribution >= 4 is 11.9 Å². The summed E-state index contributed by atoms with van der Waals surface area (Å²) < 4.78 is 4.73. The fraction of sp³-hybridized carbons (Fsp3) is 0.556. The minimum Gasteiger partial charge on any atom is -0.465 e. The number of hydrogen-bond acceptors (Lipinski definition) is 5. The number of rotatable bonds is 4. The number of amides is 1. The lowest BCUT2D eigenvalue weighted by molar-refractivity contribution is -0.140. The van der Waals surface area contributed by atoms with Crippen molar-refractivity contribution in [1.29, 1.82) is 0 Å². The first kappa shape index (κ1) is 11.5. The van der Waals surface area contributed by atoms with E-state index < -0.39 is 0 Å². The number of carbonyl (C=O) groups is 2. The number of hydrogen-bond donors (Lipinski definition) is 3. The summed E-state index contributed by atoms with van der Waals surface area (Å²) in [5.74, 6) is -0.454. The third-order valence-corrected chi connectivity index (χ3v) is 1.76. The Kier molecular flexibility index (Phi) is 4.11. The highest BCUT2D eigenvalue weighted by molar-refractivity contribution is 5.89. The standard InChI is InChI=1S/C9H15N3O3/c1-6-5-8(14)12-9(11-6)10-3-4-15-7(2)13/h5,9-11H,3-4H2,1-2H3,(H,12,14). The molecule has 0 bridgehead atoms. The summed E-state index contributed by atoms with van der Waals surface area (Å²) in [6.45, 7) is 3.92. The number of ether oxygens (including phenoxy) is 1. The monoisotopic (exact) mass is 213 g/mol. The molecule has 1 atom stereocenters. The van der Waals surface area contributed by atoms with Gasteiger partial charge in [-0.3, -0.25) is 14.9 Å². The lowest BCUT2D eigenvalue weighted by Gasteiger charge is -2.25. The lowest BCUT2D eigenvalue weighted by Crippen LogP contribution is -2.57. The van der Waals surface area contributed by atoms with Crippen LogP contribution < -0.4 is 16.0 Å². The van der Waals surface area contributed by atoms with Gasteiger partial charge in [-0.1, -0.05) is 0 Å². The van der Waals surface area contributed by atoms with E-state index in [1.165, 1.54) is 13.0 Å². The van der Waals surface area contributed by atoms with Crippen LogP contribution in [0.1, 0.15) is 13.8 Å². The third kappa shape index (κ3) is 4.46. The minimum absolute atomic E-state index is 0.142. The van der Waals surface area contributed by atoms with Gasteiger partial charge in [0, 0.05) is 25.2 Å². The van der Waals surface area contributed by atoms with Gasteiger partial charge in [-0.25, -0.2) is 0 Å². The Hall–Kier alpha value is -1.56. The van der Waals surface area contributed by atoms with Crippen molar-refractivity contribution in [2.45, 2.75) is 20.1 Å². The first-order valence-electron chi connectivity index (χ1n) is 4.70. The summed E-state index contributed by atoms with van der Waals surface area (Å²) in [5, 5.41) is 8.65. The second kappa shape index (κ2) is 5.35. The number of nitrogens with one attached hydrogen (secondary N) is 3. The van der Waals surface area contributed by atoms with Gasteiger partial charge in [-0.15, -0.1) is 0 Å². The molecule has 1 heterocycles. The maximum Gasteiger partial charge on any atom is 0.302 e. The van der Waals surface area contributed by atoms with E-state index in [0.717, 1.165) is 5.70 Å². The van der Waals surface area contributed by atoms with Crippen LogP contribution in [0.4, 0.5) is 0 Å². The lowest BCUT2D eigenvalue weighted by atomic mass is 10.3. The van der Waals surface area contributed by atoms with Gasteiger partial charge in [0.2, 0.25) is 5.91 Å². The molecule has 0 fully saturated rings. The van der Waals surface area contributed by atoms with Crippen LogP contribution in [0.15, 0.2) is 11.8 Å². The van der Waals surface area contributed by atoms with Crippen LogP contribution in [-0.2, 0) is 14.3 Å². The Morgan fingerprint density at radius 1 is 1.60 bits per heavy atom. The van der Waals surface area contributed by atoms with Gasteiger partial charge in [-0.2, -0.15) is 0 Å². The maximum absolute atomic E-state index is 11.1. The van der Waals surface area contributed by atoms with Crippen molar-refractivity contribution in [2.24, 2.45) is 0 Å². The average molecular weight is 213 g/mol. The molecule has 15 heavy (non-hydrogen) atoms. The average Bonchev–Trinajstić information content (AvgIpc) is 2.10. The van der Waals surface area contributed by atoms with Crippen molar-refractivity contribution in [2.75, 3.05) is 13.2 Å². The quantitative estimate of drug-likeness (QED) is 0.414. The molecule has 0 aromatic rings. The Balaban J connectivity index is 2.20. The Labute approximate surface area is 88.0 Å². The van der Waals surface area contributed by atoms with Gasteiger partial charge < -0.3 is 15.4 Å². The molecular formula is C9H15N3O3. The van der Waals surface area contributed by atoms with E-state index in [1.54, 1.807) is 6.92 Å². The number of allylic oxidation sites excluding steroid dienone is 1. The molecule has 0 radical (unpaired) electrons. The highest BCUT2D eigenvalue weighted by atomic mass is 16.5. The largest absolute Gasteiger partial charge is 0.465 e. The highest BCUT2D eigenvalue weighted by Crippen LogP contribution is 1.93. The zero-order chi connectivity index (χ0) is 11.3. The molecule has 1 aliphatic heterocycles. The Bertz CT molecular complexity index is 288. The summed E-state index contributed by atoms with van der Waals surface area (Å²) in [7, 11) is 0. The second-order valence-electron chi connectivity index (χ2n) is 3.21. The van der Waals surface area contributed by atoms with Crippen molar-refractivity contribution < 1.29 is 14.3 Å². The van der Waals surface area contributed by atoms with Gasteiger partial charge in [0.1, 0.15) is 6.61 Å². The maximum atomic E-state index is 11.1. The van der Waals surface area contributed by atoms with E-state index >= 15 is 0 Å². The highest BCUT2D eigenvalue weighted by Gasteiger charge is 2.14. The normalized spacial score (nSPS) is 20.0. The molecule has 0 saturated heterocycles. The molecule has 6 heteroatoms. The van der Waals surface area contributed by atoms with Crippen molar-refractivity contribution in [1.82, 2.24) is 16.0 Å². The van der Waals surface area contributed by atoms with Crippen molar-refractivity contribution in [3.8, 4) is 0 Å². The Morgan fingerprint density at radius 3 is 2.93 bits per heavy atom. The summed E-state index contributed by atoms with van der Waals surface area (Å²) in [4.78, 5) is 21.5. The summed E-state index contributed by atoms with van der Waals surface area (Å²) in [6, 6.07) is 0. The van der Waals surface area contributed by atoms with Crippen molar-refractivity contribution in [3.05, 3.63) is 11.8 Å². The van der Waals surface area contributed by atoms with Crippen LogP contribution in [0.5, 0.6) is 0 Å². The van der Waals surface area contributed by atoms with E-state index in [2.05, 4.69) is 16.0 Å². The van der Waals surface area contributed by atoms with Gasteiger partial charge in [0.05, 0.1) is 0 Å². The number of esters is 1. The van der Waals surface area contributed by atoms with Crippen LogP contribution >= 0.6 is 0 Å². The van der Waals surface area contributed by atoms with E-state index in [4.69, 9.17) is 4.74 Å². The van der Waals surface area contributed by atoms with E-state index in [-0.39, 0.29) is 24.8 Å². The molecule has 1 aliphatic rings. The summed E-state index contributed by atoms with van der Waals surface area (Å²) in [5.41, 5.74) is 0.795. The molecule has 84 valence electrons. The molecule has 0 saturated carbocycles. The van der Waals surface area contributed by atoms with Crippen LogP contribution in [-0.4, -0.2) is 31.3 Å². The zero-order valence-corrected chi connectivity index (χ0v) is 8.79. The summed E-state index contributed by atoms with van der Waals surface area (Å²) in [6.07, 6.45) is 1.17. The first-order valence-corrected chi connectivity index (χ1v) is 4.70. The zero-order valence-electron chi connectivity index (χ0n) is 8.79. The van der Waals surface area contributed by atoms with E-state index in [0.29, 0.717) is 6.54 Å². The predicted octanol–water partition coefficient (Wildman–Crippen LogP) is -0.954. The molecule has 0 aromatic carbocycles.